The first-order valence-electron chi connectivity index (χ1n) is 6.87. The Hall–Kier alpha value is -0.760. The summed E-state index contributed by atoms with van der Waals surface area (Å²) in [6.07, 6.45) is 2.11. The van der Waals surface area contributed by atoms with Gasteiger partial charge in [0.1, 0.15) is 0 Å². The zero-order valence-electron chi connectivity index (χ0n) is 11.7. The molecule has 0 aromatic carbocycles. The van der Waals surface area contributed by atoms with Crippen LogP contribution in [0.3, 0.4) is 0 Å². The molecule has 0 atom stereocenters. The lowest BCUT2D eigenvalue weighted by Crippen LogP contribution is -2.34. The Morgan fingerprint density at radius 1 is 1.40 bits per heavy atom. The number of fused-ring (bicyclic) bond motifs is 1. The van der Waals surface area contributed by atoms with Crippen LogP contribution in [0.4, 0.5) is 5.82 Å². The number of thiazole rings is 1. The summed E-state index contributed by atoms with van der Waals surface area (Å²) in [5.74, 6) is 3.55. The number of anilines is 1. The fourth-order valence-electron chi connectivity index (χ4n) is 2.39. The minimum absolute atomic E-state index is 0.737. The second-order valence-electron chi connectivity index (χ2n) is 4.71. The van der Waals surface area contributed by atoms with E-state index in [4.69, 9.17) is 9.72 Å². The molecule has 0 spiro atoms. The molecule has 110 valence electrons. The molecule has 2 aromatic rings. The van der Waals surface area contributed by atoms with Crippen molar-refractivity contribution in [1.29, 1.82) is 0 Å². The van der Waals surface area contributed by atoms with Crippen molar-refractivity contribution < 1.29 is 4.74 Å². The summed E-state index contributed by atoms with van der Waals surface area (Å²) in [6.45, 7) is 4.63. The van der Waals surface area contributed by atoms with Crippen LogP contribution >= 0.6 is 23.1 Å². The zero-order valence-corrected chi connectivity index (χ0v) is 13.3. The van der Waals surface area contributed by atoms with Crippen molar-refractivity contribution in [3.63, 3.8) is 0 Å². The molecule has 0 radical (unpaired) electrons. The topological polar surface area (TPSA) is 41.8 Å². The second kappa shape index (κ2) is 6.80. The van der Waals surface area contributed by atoms with E-state index < -0.39 is 0 Å². The first-order chi connectivity index (χ1) is 9.90. The van der Waals surface area contributed by atoms with Crippen LogP contribution < -0.4 is 10.2 Å². The minimum atomic E-state index is 0.737. The SMILES string of the molecule is COCCNCc1c(N2CCSCC2)nc2sccn12. The van der Waals surface area contributed by atoms with Gasteiger partial charge in [-0.2, -0.15) is 11.8 Å². The summed E-state index contributed by atoms with van der Waals surface area (Å²) in [5.41, 5.74) is 1.27. The van der Waals surface area contributed by atoms with Gasteiger partial charge in [-0.3, -0.25) is 4.40 Å². The third-order valence-corrected chi connectivity index (χ3v) is 5.13. The highest BCUT2D eigenvalue weighted by Crippen LogP contribution is 2.26. The zero-order chi connectivity index (χ0) is 13.8. The van der Waals surface area contributed by atoms with E-state index in [9.17, 15) is 0 Å². The predicted octanol–water partition coefficient (Wildman–Crippen LogP) is 1.68. The predicted molar refractivity (Wildman–Crippen MR) is 86.2 cm³/mol. The van der Waals surface area contributed by atoms with E-state index in [0.717, 1.165) is 43.6 Å². The Bertz CT molecular complexity index is 548. The summed E-state index contributed by atoms with van der Waals surface area (Å²) >= 11 is 3.72. The fourth-order valence-corrected chi connectivity index (χ4v) is 4.03. The molecule has 0 saturated carbocycles. The molecule has 1 aliphatic rings. The Labute approximate surface area is 127 Å². The average Bonchev–Trinajstić information content (AvgIpc) is 3.06. The van der Waals surface area contributed by atoms with Crippen LogP contribution in [0.25, 0.3) is 4.96 Å². The molecule has 3 heterocycles. The van der Waals surface area contributed by atoms with Crippen LogP contribution in [0.5, 0.6) is 0 Å². The Balaban J connectivity index is 1.80. The van der Waals surface area contributed by atoms with Crippen LogP contribution in [0.2, 0.25) is 0 Å². The van der Waals surface area contributed by atoms with Gasteiger partial charge in [0, 0.05) is 56.4 Å². The van der Waals surface area contributed by atoms with Crippen molar-refractivity contribution in [3.8, 4) is 0 Å². The van der Waals surface area contributed by atoms with Gasteiger partial charge in [0.05, 0.1) is 12.3 Å². The Morgan fingerprint density at radius 2 is 2.25 bits per heavy atom. The molecule has 20 heavy (non-hydrogen) atoms. The third-order valence-electron chi connectivity index (χ3n) is 3.43. The minimum Gasteiger partial charge on any atom is -0.383 e. The molecule has 0 aliphatic carbocycles. The van der Waals surface area contributed by atoms with Crippen molar-refractivity contribution in [2.45, 2.75) is 6.54 Å². The van der Waals surface area contributed by atoms with Crippen LogP contribution in [-0.2, 0) is 11.3 Å². The monoisotopic (exact) mass is 312 g/mol. The Morgan fingerprint density at radius 3 is 3.05 bits per heavy atom. The Kier molecular flexibility index (Phi) is 4.82. The number of ether oxygens (including phenoxy) is 1. The molecule has 0 bridgehead atoms. The lowest BCUT2D eigenvalue weighted by molar-refractivity contribution is 0.199. The van der Waals surface area contributed by atoms with E-state index in [0.29, 0.717) is 0 Å². The second-order valence-corrected chi connectivity index (χ2v) is 6.80. The van der Waals surface area contributed by atoms with E-state index >= 15 is 0 Å². The van der Waals surface area contributed by atoms with Gasteiger partial charge in [0.15, 0.2) is 10.8 Å². The number of aromatic nitrogens is 2. The van der Waals surface area contributed by atoms with Crippen LogP contribution in [0.15, 0.2) is 11.6 Å². The van der Waals surface area contributed by atoms with Gasteiger partial charge < -0.3 is 15.0 Å². The van der Waals surface area contributed by atoms with Crippen LogP contribution in [-0.4, -0.2) is 54.2 Å². The number of hydrogen-bond acceptors (Lipinski definition) is 6. The van der Waals surface area contributed by atoms with Gasteiger partial charge in [0.2, 0.25) is 0 Å². The highest BCUT2D eigenvalue weighted by atomic mass is 32.2. The van der Waals surface area contributed by atoms with E-state index in [1.165, 1.54) is 17.2 Å². The molecule has 5 nitrogen and oxygen atoms in total. The van der Waals surface area contributed by atoms with E-state index in [-0.39, 0.29) is 0 Å². The maximum Gasteiger partial charge on any atom is 0.195 e. The normalized spacial score (nSPS) is 16.1. The van der Waals surface area contributed by atoms with Crippen molar-refractivity contribution in [3.05, 3.63) is 17.3 Å². The molecule has 0 unspecified atom stereocenters. The van der Waals surface area contributed by atoms with Gasteiger partial charge >= 0.3 is 0 Å². The number of imidazole rings is 1. The van der Waals surface area contributed by atoms with Crippen molar-refractivity contribution in [1.82, 2.24) is 14.7 Å². The number of thioether (sulfide) groups is 1. The molecular formula is C13H20N4OS2. The molecule has 1 aliphatic heterocycles. The summed E-state index contributed by atoms with van der Waals surface area (Å²) in [7, 11) is 1.73. The van der Waals surface area contributed by atoms with Crippen LogP contribution in [0, 0.1) is 0 Å². The summed E-state index contributed by atoms with van der Waals surface area (Å²) < 4.78 is 7.29. The number of rotatable bonds is 6. The summed E-state index contributed by atoms with van der Waals surface area (Å²) in [4.78, 5) is 8.33. The van der Waals surface area contributed by atoms with Gasteiger partial charge in [-0.1, -0.05) is 0 Å². The highest BCUT2D eigenvalue weighted by molar-refractivity contribution is 7.99. The van der Waals surface area contributed by atoms with Crippen LogP contribution in [0.1, 0.15) is 5.69 Å². The van der Waals surface area contributed by atoms with E-state index in [1.807, 2.05) is 11.8 Å². The van der Waals surface area contributed by atoms with Crippen molar-refractivity contribution in [2.75, 3.05) is 49.8 Å². The number of hydrogen-bond donors (Lipinski definition) is 1. The van der Waals surface area contributed by atoms with Gasteiger partial charge in [-0.05, 0) is 0 Å². The number of nitrogens with one attached hydrogen (secondary N) is 1. The average molecular weight is 312 g/mol. The van der Waals surface area contributed by atoms with Gasteiger partial charge in [-0.25, -0.2) is 4.98 Å². The van der Waals surface area contributed by atoms with E-state index in [2.05, 4.69) is 26.2 Å². The van der Waals surface area contributed by atoms with Gasteiger partial charge in [0.25, 0.3) is 0 Å². The highest BCUT2D eigenvalue weighted by Gasteiger charge is 2.20. The summed E-state index contributed by atoms with van der Waals surface area (Å²) in [5, 5.41) is 5.53. The first-order valence-corrected chi connectivity index (χ1v) is 8.90. The maximum atomic E-state index is 5.08. The quantitative estimate of drug-likeness (QED) is 0.822. The largest absolute Gasteiger partial charge is 0.383 e. The van der Waals surface area contributed by atoms with Gasteiger partial charge in [-0.15, -0.1) is 11.3 Å². The van der Waals surface area contributed by atoms with Crippen molar-refractivity contribution >= 4 is 33.9 Å². The molecule has 1 N–H and O–H groups in total. The first kappa shape index (κ1) is 14.2. The van der Waals surface area contributed by atoms with E-state index in [1.54, 1.807) is 18.4 Å². The molecule has 2 aromatic heterocycles. The third kappa shape index (κ3) is 2.95. The molecule has 0 amide bonds. The maximum absolute atomic E-state index is 5.08. The molecule has 3 rings (SSSR count). The van der Waals surface area contributed by atoms with Crippen molar-refractivity contribution in [2.24, 2.45) is 0 Å². The number of nitrogens with zero attached hydrogens (tertiary/aromatic N) is 3. The molecular weight excluding hydrogens is 292 g/mol. The molecule has 1 saturated heterocycles. The smallest absolute Gasteiger partial charge is 0.195 e. The number of methoxy groups -OCH3 is 1. The fraction of sp³-hybridized carbons (Fsp3) is 0.615. The molecule has 7 heteroatoms. The lowest BCUT2D eigenvalue weighted by atomic mass is 10.3. The molecule has 1 fully saturated rings. The summed E-state index contributed by atoms with van der Waals surface area (Å²) in [6, 6.07) is 0. The lowest BCUT2D eigenvalue weighted by Gasteiger charge is -2.27. The standard InChI is InChI=1S/C13H20N4OS2/c1-18-6-2-14-10-11-12(16-3-7-19-8-4-16)15-13-17(11)5-9-20-13/h5,9,14H,2-4,6-8,10H2,1H3.